The third-order valence-electron chi connectivity index (χ3n) is 3.44. The summed E-state index contributed by atoms with van der Waals surface area (Å²) in [5.41, 5.74) is 0.161. The van der Waals surface area contributed by atoms with E-state index in [4.69, 9.17) is 9.47 Å². The van der Waals surface area contributed by atoms with E-state index in [1.165, 1.54) is 0 Å². The van der Waals surface area contributed by atoms with Gasteiger partial charge in [0.25, 0.3) is 0 Å². The van der Waals surface area contributed by atoms with Gasteiger partial charge in [-0.3, -0.25) is 0 Å². The van der Waals surface area contributed by atoms with Gasteiger partial charge in [-0.05, 0) is 38.0 Å². The zero-order valence-electron chi connectivity index (χ0n) is 12.8. The number of rotatable bonds is 6. The predicted octanol–water partition coefficient (Wildman–Crippen LogP) is 2.41. The van der Waals surface area contributed by atoms with E-state index in [0.717, 1.165) is 12.0 Å². The molecule has 118 valence electrons. The summed E-state index contributed by atoms with van der Waals surface area (Å²) in [6.45, 7) is 6.73. The molecule has 0 unspecified atom stereocenters. The maximum Gasteiger partial charge on any atom is 0.212 e. The highest BCUT2D eigenvalue weighted by Gasteiger charge is 2.28. The first-order valence-electron chi connectivity index (χ1n) is 7.26. The molecular weight excluding hydrogens is 290 g/mol. The molecule has 0 saturated carbocycles. The van der Waals surface area contributed by atoms with Crippen molar-refractivity contribution in [1.82, 2.24) is 4.72 Å². The molecule has 1 aliphatic heterocycles. The van der Waals surface area contributed by atoms with Crippen LogP contribution in [0, 0.1) is 0 Å². The molecule has 2 rings (SSSR count). The van der Waals surface area contributed by atoms with E-state index in [1.807, 2.05) is 39.0 Å². The van der Waals surface area contributed by atoms with E-state index in [-0.39, 0.29) is 5.75 Å². The standard InChI is InChI=1S/C15H23NO4S/c1-4-5-10-21(17,18)16-15(2,3)12-6-7-13-14(11-12)20-9-8-19-13/h6-7,11,16H,4-5,8-10H2,1-3H3. The average molecular weight is 313 g/mol. The van der Waals surface area contributed by atoms with Crippen molar-refractivity contribution in [3.05, 3.63) is 23.8 Å². The first kappa shape index (κ1) is 16.1. The zero-order chi connectivity index (χ0) is 15.5. The van der Waals surface area contributed by atoms with Gasteiger partial charge < -0.3 is 9.47 Å². The lowest BCUT2D eigenvalue weighted by atomic mass is 9.95. The van der Waals surface area contributed by atoms with Crippen molar-refractivity contribution < 1.29 is 17.9 Å². The van der Waals surface area contributed by atoms with Gasteiger partial charge >= 0.3 is 0 Å². The minimum absolute atomic E-state index is 0.150. The first-order valence-corrected chi connectivity index (χ1v) is 8.91. The quantitative estimate of drug-likeness (QED) is 0.876. The second-order valence-corrected chi connectivity index (χ2v) is 7.60. The molecule has 1 heterocycles. The van der Waals surface area contributed by atoms with Crippen LogP contribution in [0.4, 0.5) is 0 Å². The Morgan fingerprint density at radius 1 is 1.19 bits per heavy atom. The number of nitrogens with one attached hydrogen (secondary N) is 1. The van der Waals surface area contributed by atoms with E-state index >= 15 is 0 Å². The summed E-state index contributed by atoms with van der Waals surface area (Å²) in [6, 6.07) is 5.54. The van der Waals surface area contributed by atoms with Crippen LogP contribution in [-0.2, 0) is 15.6 Å². The Hall–Kier alpha value is -1.27. The van der Waals surface area contributed by atoms with Gasteiger partial charge in [0.1, 0.15) is 13.2 Å². The molecule has 1 aromatic rings. The van der Waals surface area contributed by atoms with E-state index in [2.05, 4.69) is 4.72 Å². The van der Waals surface area contributed by atoms with Crippen LogP contribution >= 0.6 is 0 Å². The summed E-state index contributed by atoms with van der Waals surface area (Å²) in [5.74, 6) is 1.52. The molecule has 0 spiro atoms. The Bertz CT molecular complexity index is 596. The van der Waals surface area contributed by atoms with Gasteiger partial charge in [-0.25, -0.2) is 13.1 Å². The number of sulfonamides is 1. The fourth-order valence-electron chi connectivity index (χ4n) is 2.27. The summed E-state index contributed by atoms with van der Waals surface area (Å²) in [7, 11) is -3.29. The molecule has 0 atom stereocenters. The topological polar surface area (TPSA) is 64.6 Å². The number of fused-ring (bicyclic) bond motifs is 1. The fraction of sp³-hybridized carbons (Fsp3) is 0.600. The molecule has 6 heteroatoms. The molecule has 1 N–H and O–H groups in total. The zero-order valence-corrected chi connectivity index (χ0v) is 13.6. The first-order chi connectivity index (χ1) is 9.84. The van der Waals surface area contributed by atoms with Crippen LogP contribution < -0.4 is 14.2 Å². The van der Waals surface area contributed by atoms with Crippen molar-refractivity contribution in [2.24, 2.45) is 0 Å². The maximum atomic E-state index is 12.1. The molecule has 0 fully saturated rings. The van der Waals surface area contributed by atoms with Crippen molar-refractivity contribution in [3.63, 3.8) is 0 Å². The van der Waals surface area contributed by atoms with Gasteiger partial charge in [0.15, 0.2) is 11.5 Å². The summed E-state index contributed by atoms with van der Waals surface area (Å²) in [5, 5.41) is 0. The highest BCUT2D eigenvalue weighted by atomic mass is 32.2. The smallest absolute Gasteiger partial charge is 0.212 e. The lowest BCUT2D eigenvalue weighted by Gasteiger charge is -2.28. The van der Waals surface area contributed by atoms with Crippen LogP contribution in [0.15, 0.2) is 18.2 Å². The van der Waals surface area contributed by atoms with Crippen LogP contribution in [0.2, 0.25) is 0 Å². The molecule has 0 bridgehead atoms. The Balaban J connectivity index is 2.19. The van der Waals surface area contributed by atoms with E-state index in [9.17, 15) is 8.42 Å². The lowest BCUT2D eigenvalue weighted by Crippen LogP contribution is -2.42. The number of hydrogen-bond acceptors (Lipinski definition) is 4. The minimum atomic E-state index is -3.29. The number of unbranched alkanes of at least 4 members (excludes halogenated alkanes) is 1. The van der Waals surface area contributed by atoms with Gasteiger partial charge in [-0.1, -0.05) is 19.4 Å². The highest BCUT2D eigenvalue weighted by molar-refractivity contribution is 7.89. The molecule has 1 aliphatic rings. The molecule has 21 heavy (non-hydrogen) atoms. The molecule has 1 aromatic carbocycles. The van der Waals surface area contributed by atoms with Crippen LogP contribution in [-0.4, -0.2) is 27.4 Å². The monoisotopic (exact) mass is 313 g/mol. The predicted molar refractivity (Wildman–Crippen MR) is 82.3 cm³/mol. The van der Waals surface area contributed by atoms with Crippen molar-refractivity contribution in [2.75, 3.05) is 19.0 Å². The molecule has 0 amide bonds. The molecule has 5 nitrogen and oxygen atoms in total. The Kier molecular flexibility index (Phi) is 4.78. The second kappa shape index (κ2) is 6.23. The van der Waals surface area contributed by atoms with Crippen molar-refractivity contribution in [1.29, 1.82) is 0 Å². The van der Waals surface area contributed by atoms with Crippen molar-refractivity contribution >= 4 is 10.0 Å². The molecule has 0 aromatic heterocycles. The van der Waals surface area contributed by atoms with E-state index in [0.29, 0.717) is 31.1 Å². The van der Waals surface area contributed by atoms with Crippen LogP contribution in [0.3, 0.4) is 0 Å². The summed E-state index contributed by atoms with van der Waals surface area (Å²) in [4.78, 5) is 0. The fourth-order valence-corrected chi connectivity index (χ4v) is 3.93. The second-order valence-electron chi connectivity index (χ2n) is 5.76. The van der Waals surface area contributed by atoms with Crippen LogP contribution in [0.25, 0.3) is 0 Å². The third-order valence-corrected chi connectivity index (χ3v) is 5.09. The van der Waals surface area contributed by atoms with Gasteiger partial charge in [0.05, 0.1) is 11.3 Å². The number of hydrogen-bond donors (Lipinski definition) is 1. The third kappa shape index (κ3) is 4.11. The Morgan fingerprint density at radius 2 is 1.86 bits per heavy atom. The van der Waals surface area contributed by atoms with Gasteiger partial charge in [0, 0.05) is 0 Å². The van der Waals surface area contributed by atoms with Crippen LogP contribution in [0.1, 0.15) is 39.2 Å². The molecule has 0 aliphatic carbocycles. The highest BCUT2D eigenvalue weighted by Crippen LogP contribution is 2.34. The molecular formula is C15H23NO4S. The Morgan fingerprint density at radius 3 is 2.52 bits per heavy atom. The summed E-state index contributed by atoms with van der Waals surface area (Å²) >= 11 is 0. The van der Waals surface area contributed by atoms with E-state index in [1.54, 1.807) is 0 Å². The van der Waals surface area contributed by atoms with Crippen molar-refractivity contribution in [2.45, 2.75) is 39.2 Å². The summed E-state index contributed by atoms with van der Waals surface area (Å²) in [6.07, 6.45) is 1.51. The van der Waals surface area contributed by atoms with Gasteiger partial charge in [0.2, 0.25) is 10.0 Å². The SMILES string of the molecule is CCCCS(=O)(=O)NC(C)(C)c1ccc2c(c1)OCCO2. The average Bonchev–Trinajstić information content (AvgIpc) is 2.43. The van der Waals surface area contributed by atoms with Crippen LogP contribution in [0.5, 0.6) is 11.5 Å². The van der Waals surface area contributed by atoms with Crippen molar-refractivity contribution in [3.8, 4) is 11.5 Å². The summed E-state index contributed by atoms with van der Waals surface area (Å²) < 4.78 is 38.0. The normalized spacial score (nSPS) is 15.0. The molecule has 0 saturated heterocycles. The number of ether oxygens (including phenoxy) is 2. The lowest BCUT2D eigenvalue weighted by molar-refractivity contribution is 0.171. The minimum Gasteiger partial charge on any atom is -0.486 e. The number of benzene rings is 1. The largest absolute Gasteiger partial charge is 0.486 e. The van der Waals surface area contributed by atoms with Gasteiger partial charge in [-0.2, -0.15) is 0 Å². The Labute approximate surface area is 126 Å². The molecule has 0 radical (unpaired) electrons. The van der Waals surface area contributed by atoms with E-state index < -0.39 is 15.6 Å². The van der Waals surface area contributed by atoms with Gasteiger partial charge in [-0.15, -0.1) is 0 Å². The maximum absolute atomic E-state index is 12.1.